The zero-order valence-electron chi connectivity index (χ0n) is 19.7. The van der Waals surface area contributed by atoms with Crippen molar-refractivity contribution in [2.24, 2.45) is 5.73 Å². The Morgan fingerprint density at radius 1 is 1.19 bits per heavy atom. The minimum absolute atomic E-state index is 0.0629. The number of nitrogens with two attached hydrogens (primary N) is 1. The lowest BCUT2D eigenvalue weighted by Crippen LogP contribution is -2.29. The van der Waals surface area contributed by atoms with Crippen LogP contribution >= 0.6 is 0 Å². The summed E-state index contributed by atoms with van der Waals surface area (Å²) in [5, 5.41) is 10.7. The Labute approximate surface area is 206 Å². The summed E-state index contributed by atoms with van der Waals surface area (Å²) < 4.78 is 42.9. The Morgan fingerprint density at radius 2 is 1.97 bits per heavy atom. The van der Waals surface area contributed by atoms with E-state index in [4.69, 9.17) is 5.73 Å². The van der Waals surface area contributed by atoms with Crippen LogP contribution in [0.25, 0.3) is 0 Å². The number of carbonyl (C=O) groups is 1. The molecule has 11 heteroatoms. The smallest absolute Gasteiger partial charge is 0.369 e. The van der Waals surface area contributed by atoms with E-state index >= 15 is 0 Å². The number of piperidine rings is 1. The first-order valence-corrected chi connectivity index (χ1v) is 12.1. The van der Waals surface area contributed by atoms with E-state index in [2.05, 4.69) is 25.7 Å². The molecule has 8 nitrogen and oxygen atoms in total. The zero-order valence-corrected chi connectivity index (χ0v) is 19.7. The molecular formula is C25H28F3N7O. The van der Waals surface area contributed by atoms with Gasteiger partial charge in [-0.3, -0.25) is 9.48 Å². The maximum Gasteiger partial charge on any atom is 0.419 e. The summed E-state index contributed by atoms with van der Waals surface area (Å²) in [6.45, 7) is 1.84. The number of amides is 1. The predicted molar refractivity (Wildman–Crippen MR) is 128 cm³/mol. The highest BCUT2D eigenvalue weighted by molar-refractivity contribution is 5.89. The van der Waals surface area contributed by atoms with E-state index in [-0.39, 0.29) is 30.0 Å². The predicted octanol–water partition coefficient (Wildman–Crippen LogP) is 3.66. The van der Waals surface area contributed by atoms with Gasteiger partial charge in [0.15, 0.2) is 0 Å². The summed E-state index contributed by atoms with van der Waals surface area (Å²) in [5.41, 5.74) is 6.25. The third-order valence-corrected chi connectivity index (χ3v) is 7.07. The van der Waals surface area contributed by atoms with Gasteiger partial charge in [-0.2, -0.15) is 18.3 Å². The lowest BCUT2D eigenvalue weighted by molar-refractivity contribution is -0.138. The SMILES string of the molecule is NC(=O)C1(c2cccc(CCc3nc(Nc4cnn(C5CCNCC5)c4)ncc3C(F)(F)F)c2)CC1. The molecular weight excluding hydrogens is 471 g/mol. The van der Waals surface area contributed by atoms with Crippen molar-refractivity contribution in [2.75, 3.05) is 18.4 Å². The second-order valence-electron chi connectivity index (χ2n) is 9.51. The van der Waals surface area contributed by atoms with Crippen LogP contribution in [0.3, 0.4) is 0 Å². The van der Waals surface area contributed by atoms with Crippen molar-refractivity contribution in [2.45, 2.75) is 56.2 Å². The Hall–Kier alpha value is -3.47. The zero-order chi connectivity index (χ0) is 25.3. The first-order valence-electron chi connectivity index (χ1n) is 12.1. The van der Waals surface area contributed by atoms with Gasteiger partial charge in [0.05, 0.1) is 34.6 Å². The molecule has 2 aromatic heterocycles. The molecule has 0 bridgehead atoms. The topological polar surface area (TPSA) is 111 Å². The number of primary amides is 1. The van der Waals surface area contributed by atoms with Gasteiger partial charge in [0.1, 0.15) is 0 Å². The summed E-state index contributed by atoms with van der Waals surface area (Å²) in [7, 11) is 0. The van der Waals surface area contributed by atoms with Gasteiger partial charge in [0, 0.05) is 12.4 Å². The maximum atomic E-state index is 13.7. The van der Waals surface area contributed by atoms with E-state index in [9.17, 15) is 18.0 Å². The number of hydrogen-bond donors (Lipinski definition) is 3. The number of rotatable bonds is 8. The van der Waals surface area contributed by atoms with Crippen molar-refractivity contribution in [3.05, 3.63) is 65.2 Å². The van der Waals surface area contributed by atoms with E-state index < -0.39 is 17.2 Å². The number of anilines is 2. The largest absolute Gasteiger partial charge is 0.419 e. The molecule has 0 radical (unpaired) electrons. The lowest BCUT2D eigenvalue weighted by atomic mass is 9.92. The van der Waals surface area contributed by atoms with Crippen molar-refractivity contribution in [3.8, 4) is 0 Å². The first kappa shape index (κ1) is 24.2. The van der Waals surface area contributed by atoms with Crippen molar-refractivity contribution >= 4 is 17.5 Å². The average molecular weight is 500 g/mol. The normalized spacial score (nSPS) is 17.6. The molecule has 36 heavy (non-hydrogen) atoms. The molecule has 1 saturated carbocycles. The molecule has 4 N–H and O–H groups in total. The Balaban J connectivity index is 1.33. The van der Waals surface area contributed by atoms with Gasteiger partial charge in [-0.15, -0.1) is 0 Å². The van der Waals surface area contributed by atoms with E-state index in [0.717, 1.165) is 43.3 Å². The molecule has 1 aliphatic heterocycles. The Bertz CT molecular complexity index is 1250. The van der Waals surface area contributed by atoms with Crippen molar-refractivity contribution < 1.29 is 18.0 Å². The number of hydrogen-bond acceptors (Lipinski definition) is 6. The molecule has 0 atom stereocenters. The highest BCUT2D eigenvalue weighted by Gasteiger charge is 2.50. The monoisotopic (exact) mass is 499 g/mol. The average Bonchev–Trinajstić information content (AvgIpc) is 3.56. The fraction of sp³-hybridized carbons (Fsp3) is 0.440. The third kappa shape index (κ3) is 5.06. The molecule has 190 valence electrons. The highest BCUT2D eigenvalue weighted by Crippen LogP contribution is 2.48. The lowest BCUT2D eigenvalue weighted by Gasteiger charge is -2.22. The molecule has 2 aliphatic rings. The molecule has 0 spiro atoms. The number of benzene rings is 1. The number of nitrogens with zero attached hydrogens (tertiary/aromatic N) is 4. The van der Waals surface area contributed by atoms with Gasteiger partial charge < -0.3 is 16.4 Å². The van der Waals surface area contributed by atoms with Crippen LogP contribution in [0.4, 0.5) is 24.8 Å². The second kappa shape index (κ2) is 9.53. The first-order chi connectivity index (χ1) is 17.2. The number of carbonyl (C=O) groups excluding carboxylic acids is 1. The molecule has 2 fully saturated rings. The van der Waals surface area contributed by atoms with Gasteiger partial charge in [0.25, 0.3) is 0 Å². The third-order valence-electron chi connectivity index (χ3n) is 7.07. The fourth-order valence-corrected chi connectivity index (χ4v) is 4.80. The molecule has 3 heterocycles. The van der Waals surface area contributed by atoms with Crippen LogP contribution < -0.4 is 16.4 Å². The Kier molecular flexibility index (Phi) is 6.42. The fourth-order valence-electron chi connectivity index (χ4n) is 4.80. The molecule has 0 unspecified atom stereocenters. The van der Waals surface area contributed by atoms with Crippen molar-refractivity contribution in [3.63, 3.8) is 0 Å². The number of aromatic nitrogens is 4. The molecule has 1 aliphatic carbocycles. The summed E-state index contributed by atoms with van der Waals surface area (Å²) in [5.74, 6) is -0.281. The number of nitrogens with one attached hydrogen (secondary N) is 2. The van der Waals surface area contributed by atoms with Gasteiger partial charge in [-0.1, -0.05) is 24.3 Å². The van der Waals surface area contributed by atoms with E-state index in [1.54, 1.807) is 6.20 Å². The van der Waals surface area contributed by atoms with Gasteiger partial charge >= 0.3 is 6.18 Å². The van der Waals surface area contributed by atoms with Crippen LogP contribution in [0.15, 0.2) is 42.9 Å². The van der Waals surface area contributed by atoms with Crippen molar-refractivity contribution in [1.29, 1.82) is 0 Å². The van der Waals surface area contributed by atoms with Crippen LogP contribution in [0.1, 0.15) is 54.1 Å². The van der Waals surface area contributed by atoms with Gasteiger partial charge in [-0.05, 0) is 62.7 Å². The van der Waals surface area contributed by atoms with Crippen LogP contribution in [0.2, 0.25) is 0 Å². The summed E-state index contributed by atoms with van der Waals surface area (Å²) in [6, 6.07) is 7.64. The summed E-state index contributed by atoms with van der Waals surface area (Å²) in [6.07, 6.45) is 3.41. The minimum Gasteiger partial charge on any atom is -0.369 e. The van der Waals surface area contributed by atoms with Crippen LogP contribution in [-0.2, 0) is 29.2 Å². The minimum atomic E-state index is -4.57. The van der Waals surface area contributed by atoms with Crippen LogP contribution in [0, 0.1) is 0 Å². The van der Waals surface area contributed by atoms with Gasteiger partial charge in [0.2, 0.25) is 11.9 Å². The Morgan fingerprint density at radius 3 is 2.67 bits per heavy atom. The summed E-state index contributed by atoms with van der Waals surface area (Å²) >= 11 is 0. The number of aryl methyl sites for hydroxylation is 2. The van der Waals surface area contributed by atoms with Crippen LogP contribution in [0.5, 0.6) is 0 Å². The van der Waals surface area contributed by atoms with E-state index in [0.29, 0.717) is 24.9 Å². The highest BCUT2D eigenvalue weighted by atomic mass is 19.4. The maximum absolute atomic E-state index is 13.7. The molecule has 3 aromatic rings. The van der Waals surface area contributed by atoms with Crippen molar-refractivity contribution in [1.82, 2.24) is 25.1 Å². The standard InChI is InChI=1S/C25H28F3N7O/c26-25(27,28)20-14-31-23(33-18-13-32-35(15-18)19-6-10-30-11-7-19)34-21(20)5-4-16-2-1-3-17(12-16)24(8-9-24)22(29)36/h1-3,12-15,19,30H,4-11H2,(H2,29,36)(H,31,33,34). The number of alkyl halides is 3. The number of halogens is 3. The molecule has 1 saturated heterocycles. The molecule has 5 rings (SSSR count). The van der Waals surface area contributed by atoms with Crippen LogP contribution in [-0.4, -0.2) is 38.7 Å². The summed E-state index contributed by atoms with van der Waals surface area (Å²) in [4.78, 5) is 20.0. The van der Waals surface area contributed by atoms with E-state index in [1.807, 2.05) is 35.1 Å². The van der Waals surface area contributed by atoms with Gasteiger partial charge in [-0.25, -0.2) is 9.97 Å². The quantitative estimate of drug-likeness (QED) is 0.436. The molecule has 1 amide bonds. The van der Waals surface area contributed by atoms with E-state index in [1.165, 1.54) is 0 Å². The molecule has 1 aromatic carbocycles. The second-order valence-corrected chi connectivity index (χ2v) is 9.51.